The zero-order valence-corrected chi connectivity index (χ0v) is 8.05. The summed E-state index contributed by atoms with van der Waals surface area (Å²) in [5.41, 5.74) is 5.47. The van der Waals surface area contributed by atoms with Crippen molar-refractivity contribution in [2.24, 2.45) is 5.73 Å². The maximum absolute atomic E-state index is 10.4. The maximum Gasteiger partial charge on any atom is 0.334 e. The Balaban J connectivity index is 2.78. The first-order valence-electron chi connectivity index (χ1n) is 3.44. The van der Waals surface area contributed by atoms with Crippen LogP contribution in [0.25, 0.3) is 0 Å². The van der Waals surface area contributed by atoms with Gasteiger partial charge in [-0.1, -0.05) is 11.6 Å². The zero-order chi connectivity index (χ0) is 10.0. The number of hydrogen-bond donors (Lipinski definition) is 3. The molecule has 0 bridgehead atoms. The number of hydrogen-bond acceptors (Lipinski definition) is 4. The van der Waals surface area contributed by atoms with E-state index in [1.807, 2.05) is 0 Å². The smallest absolute Gasteiger partial charge is 0.334 e. The molecule has 4 N–H and O–H groups in total. The summed E-state index contributed by atoms with van der Waals surface area (Å²) in [4.78, 5) is 10.9. The van der Waals surface area contributed by atoms with E-state index >= 15 is 0 Å². The molecule has 1 aromatic rings. The van der Waals surface area contributed by atoms with Crippen molar-refractivity contribution in [1.29, 1.82) is 0 Å². The molecule has 0 aromatic carbocycles. The van der Waals surface area contributed by atoms with E-state index in [0.29, 0.717) is 9.21 Å². The number of nitrogens with two attached hydrogens (primary N) is 1. The minimum Gasteiger partial charge on any atom is -0.479 e. The van der Waals surface area contributed by atoms with Gasteiger partial charge >= 0.3 is 5.97 Å². The highest BCUT2D eigenvalue weighted by atomic mass is 35.5. The Morgan fingerprint density at radius 3 is 2.62 bits per heavy atom. The number of aliphatic carboxylic acids is 1. The number of carboxylic acids is 1. The highest BCUT2D eigenvalue weighted by molar-refractivity contribution is 7.16. The number of rotatable bonds is 3. The summed E-state index contributed by atoms with van der Waals surface area (Å²) in [6.07, 6.45) is -1.59. The molecule has 0 unspecified atom stereocenters. The summed E-state index contributed by atoms with van der Waals surface area (Å²) >= 11 is 6.78. The number of halogens is 1. The van der Waals surface area contributed by atoms with Crippen LogP contribution in [-0.4, -0.2) is 22.3 Å². The molecule has 0 saturated carbocycles. The molecule has 0 amide bonds. The van der Waals surface area contributed by atoms with Crippen LogP contribution >= 0.6 is 22.9 Å². The van der Waals surface area contributed by atoms with Gasteiger partial charge in [0.15, 0.2) is 6.10 Å². The first-order chi connectivity index (χ1) is 6.02. The zero-order valence-electron chi connectivity index (χ0n) is 6.48. The van der Waals surface area contributed by atoms with E-state index in [1.165, 1.54) is 0 Å². The SMILES string of the molecule is N[C@@H](c1ccc(Cl)s1)[C@@H](O)C(=O)O. The quantitative estimate of drug-likeness (QED) is 0.707. The molecule has 1 heterocycles. The van der Waals surface area contributed by atoms with Gasteiger partial charge in [0.05, 0.1) is 10.4 Å². The molecule has 6 heteroatoms. The van der Waals surface area contributed by atoms with E-state index in [0.717, 1.165) is 11.3 Å². The van der Waals surface area contributed by atoms with Gasteiger partial charge < -0.3 is 15.9 Å². The summed E-state index contributed by atoms with van der Waals surface area (Å²) in [6, 6.07) is 2.29. The normalized spacial score (nSPS) is 15.3. The first-order valence-corrected chi connectivity index (χ1v) is 4.63. The lowest BCUT2D eigenvalue weighted by molar-refractivity contribution is -0.147. The fourth-order valence-electron chi connectivity index (χ4n) is 0.817. The van der Waals surface area contributed by atoms with E-state index < -0.39 is 18.1 Å². The number of aliphatic hydroxyl groups excluding tert-OH is 1. The second kappa shape index (κ2) is 4.06. The van der Waals surface area contributed by atoms with Crippen LogP contribution in [0.3, 0.4) is 0 Å². The predicted octanol–water partition coefficient (Wildman–Crippen LogP) is 0.847. The van der Waals surface area contributed by atoms with Crippen molar-refractivity contribution in [3.8, 4) is 0 Å². The lowest BCUT2D eigenvalue weighted by Crippen LogP contribution is -2.32. The molecule has 0 aliphatic rings. The molecule has 2 atom stereocenters. The van der Waals surface area contributed by atoms with Crippen molar-refractivity contribution >= 4 is 28.9 Å². The van der Waals surface area contributed by atoms with Crippen molar-refractivity contribution in [3.05, 3.63) is 21.3 Å². The van der Waals surface area contributed by atoms with Gasteiger partial charge in [-0.2, -0.15) is 0 Å². The number of aliphatic hydroxyl groups is 1. The molecule has 1 rings (SSSR count). The Kier molecular flexibility index (Phi) is 3.27. The number of thiophene rings is 1. The lowest BCUT2D eigenvalue weighted by Gasteiger charge is -2.12. The summed E-state index contributed by atoms with van der Waals surface area (Å²) in [6.45, 7) is 0. The van der Waals surface area contributed by atoms with E-state index in [-0.39, 0.29) is 0 Å². The average molecular weight is 222 g/mol. The Morgan fingerprint density at radius 2 is 2.23 bits per heavy atom. The minimum absolute atomic E-state index is 0.517. The van der Waals surface area contributed by atoms with Gasteiger partial charge in [0.2, 0.25) is 0 Å². The second-order valence-electron chi connectivity index (χ2n) is 2.45. The van der Waals surface area contributed by atoms with Crippen molar-refractivity contribution in [2.75, 3.05) is 0 Å². The third-order valence-electron chi connectivity index (χ3n) is 1.52. The van der Waals surface area contributed by atoms with Gasteiger partial charge in [-0.15, -0.1) is 11.3 Å². The van der Waals surface area contributed by atoms with E-state index in [4.69, 9.17) is 27.5 Å². The molecular weight excluding hydrogens is 214 g/mol. The minimum atomic E-state index is -1.59. The van der Waals surface area contributed by atoms with Crippen LogP contribution in [0.2, 0.25) is 4.34 Å². The van der Waals surface area contributed by atoms with Crippen LogP contribution in [0, 0.1) is 0 Å². The summed E-state index contributed by atoms with van der Waals surface area (Å²) < 4.78 is 0.517. The Labute approximate surface area is 83.6 Å². The highest BCUT2D eigenvalue weighted by Crippen LogP contribution is 2.27. The van der Waals surface area contributed by atoms with E-state index in [2.05, 4.69) is 0 Å². The molecule has 0 spiro atoms. The number of carbonyl (C=O) groups is 1. The largest absolute Gasteiger partial charge is 0.479 e. The van der Waals surface area contributed by atoms with E-state index in [1.54, 1.807) is 12.1 Å². The van der Waals surface area contributed by atoms with Crippen LogP contribution in [0.15, 0.2) is 12.1 Å². The summed E-state index contributed by atoms with van der Waals surface area (Å²) in [5, 5.41) is 17.6. The molecule has 0 saturated heterocycles. The predicted molar refractivity (Wildman–Crippen MR) is 49.9 cm³/mol. The fraction of sp³-hybridized carbons (Fsp3) is 0.286. The standard InChI is InChI=1S/C7H8ClNO3S/c8-4-2-1-3(13-4)5(9)6(10)7(11)12/h1-2,5-6,10H,9H2,(H,11,12)/t5-,6+/m0/s1. The Hall–Kier alpha value is -0.620. The Bertz CT molecular complexity index is 314. The molecule has 0 fully saturated rings. The molecule has 4 nitrogen and oxygen atoms in total. The molecule has 1 aromatic heterocycles. The molecular formula is C7H8ClNO3S. The van der Waals surface area contributed by atoms with Crippen LogP contribution in [-0.2, 0) is 4.79 Å². The lowest BCUT2D eigenvalue weighted by atomic mass is 10.1. The molecule has 0 aliphatic heterocycles. The summed E-state index contributed by atoms with van der Waals surface area (Å²) in [7, 11) is 0. The van der Waals surface area contributed by atoms with Crippen molar-refractivity contribution in [2.45, 2.75) is 12.1 Å². The highest BCUT2D eigenvalue weighted by Gasteiger charge is 2.24. The molecule has 72 valence electrons. The monoisotopic (exact) mass is 221 g/mol. The number of carboxylic acid groups (broad SMARTS) is 1. The van der Waals surface area contributed by atoms with Gasteiger partial charge in [-0.3, -0.25) is 0 Å². The fourth-order valence-corrected chi connectivity index (χ4v) is 1.91. The maximum atomic E-state index is 10.4. The third kappa shape index (κ3) is 2.41. The van der Waals surface area contributed by atoms with Gasteiger partial charge in [0, 0.05) is 4.88 Å². The third-order valence-corrected chi connectivity index (χ3v) is 2.85. The average Bonchev–Trinajstić information content (AvgIpc) is 2.49. The van der Waals surface area contributed by atoms with Crippen LogP contribution < -0.4 is 5.73 Å². The van der Waals surface area contributed by atoms with Gasteiger partial charge in [-0.05, 0) is 12.1 Å². The van der Waals surface area contributed by atoms with Crippen molar-refractivity contribution in [1.82, 2.24) is 0 Å². The van der Waals surface area contributed by atoms with Gasteiger partial charge in [0.25, 0.3) is 0 Å². The van der Waals surface area contributed by atoms with Gasteiger partial charge in [0.1, 0.15) is 0 Å². The van der Waals surface area contributed by atoms with E-state index in [9.17, 15) is 4.79 Å². The van der Waals surface area contributed by atoms with Crippen LogP contribution in [0.5, 0.6) is 0 Å². The van der Waals surface area contributed by atoms with Crippen LogP contribution in [0.4, 0.5) is 0 Å². The van der Waals surface area contributed by atoms with Crippen molar-refractivity contribution in [3.63, 3.8) is 0 Å². The summed E-state index contributed by atoms with van der Waals surface area (Å²) in [5.74, 6) is -1.34. The topological polar surface area (TPSA) is 83.5 Å². The first kappa shape index (κ1) is 10.5. The van der Waals surface area contributed by atoms with Gasteiger partial charge in [-0.25, -0.2) is 4.79 Å². The molecule has 0 radical (unpaired) electrons. The molecule has 0 aliphatic carbocycles. The van der Waals surface area contributed by atoms with Crippen molar-refractivity contribution < 1.29 is 15.0 Å². The second-order valence-corrected chi connectivity index (χ2v) is 4.20. The van der Waals surface area contributed by atoms with Crippen LogP contribution in [0.1, 0.15) is 10.9 Å². The Morgan fingerprint density at radius 1 is 1.62 bits per heavy atom. The molecule has 13 heavy (non-hydrogen) atoms.